The number of carbonyl (C=O) groups excluding carboxylic acids is 2. The molecule has 114 valence electrons. The Morgan fingerprint density at radius 1 is 1.38 bits per heavy atom. The van der Waals surface area contributed by atoms with E-state index in [0.717, 1.165) is 12.1 Å². The van der Waals surface area contributed by atoms with Gasteiger partial charge in [-0.15, -0.1) is 0 Å². The normalized spacial score (nSPS) is 16.5. The highest BCUT2D eigenvalue weighted by Gasteiger charge is 2.27. The number of methoxy groups -OCH3 is 1. The Labute approximate surface area is 124 Å². The second kappa shape index (κ2) is 7.08. The number of urea groups is 1. The molecular weight excluding hydrogens is 270 g/mol. The highest BCUT2D eigenvalue weighted by molar-refractivity contribution is 5.96. The highest BCUT2D eigenvalue weighted by Crippen LogP contribution is 2.31. The van der Waals surface area contributed by atoms with E-state index in [0.29, 0.717) is 13.2 Å². The summed E-state index contributed by atoms with van der Waals surface area (Å²) >= 11 is 0. The molecule has 0 radical (unpaired) electrons. The van der Waals surface area contributed by atoms with Gasteiger partial charge in [-0.3, -0.25) is 10.1 Å². The van der Waals surface area contributed by atoms with Crippen molar-refractivity contribution in [1.29, 1.82) is 0 Å². The molecule has 1 aliphatic rings. The molecule has 0 saturated heterocycles. The maximum Gasteiger partial charge on any atom is 0.321 e. The number of anilines is 1. The van der Waals surface area contributed by atoms with E-state index in [1.807, 2.05) is 23.1 Å². The van der Waals surface area contributed by atoms with Crippen LogP contribution in [0.2, 0.25) is 0 Å². The van der Waals surface area contributed by atoms with Gasteiger partial charge in [0.25, 0.3) is 0 Å². The van der Waals surface area contributed by atoms with Crippen LogP contribution in [-0.4, -0.2) is 44.8 Å². The lowest BCUT2D eigenvalue weighted by Crippen LogP contribution is -2.46. The summed E-state index contributed by atoms with van der Waals surface area (Å²) in [5.74, 6) is -0.312. The van der Waals surface area contributed by atoms with Crippen molar-refractivity contribution in [2.45, 2.75) is 19.4 Å². The van der Waals surface area contributed by atoms with Crippen LogP contribution in [0, 0.1) is 0 Å². The van der Waals surface area contributed by atoms with Gasteiger partial charge >= 0.3 is 6.03 Å². The fourth-order valence-electron chi connectivity index (χ4n) is 2.50. The summed E-state index contributed by atoms with van der Waals surface area (Å²) in [6.07, 6.45) is 0.920. The average Bonchev–Trinajstić information content (AvgIpc) is 2.75. The Morgan fingerprint density at radius 2 is 2.14 bits per heavy atom. The van der Waals surface area contributed by atoms with Gasteiger partial charge < -0.3 is 15.0 Å². The number of benzene rings is 1. The minimum Gasteiger partial charge on any atom is -0.383 e. The zero-order valence-electron chi connectivity index (χ0n) is 12.4. The number of carbonyl (C=O) groups is 2. The van der Waals surface area contributed by atoms with Crippen molar-refractivity contribution in [1.82, 2.24) is 10.6 Å². The number of para-hydroxylation sites is 1. The highest BCUT2D eigenvalue weighted by atomic mass is 16.5. The van der Waals surface area contributed by atoms with Crippen LogP contribution in [0.3, 0.4) is 0 Å². The molecule has 0 aromatic heterocycles. The van der Waals surface area contributed by atoms with Gasteiger partial charge in [0.05, 0.1) is 13.2 Å². The quantitative estimate of drug-likeness (QED) is 0.791. The topological polar surface area (TPSA) is 70.7 Å². The first-order chi connectivity index (χ1) is 10.1. The first-order valence-corrected chi connectivity index (χ1v) is 7.03. The van der Waals surface area contributed by atoms with E-state index in [4.69, 9.17) is 4.74 Å². The van der Waals surface area contributed by atoms with Crippen LogP contribution in [0.4, 0.5) is 10.5 Å². The standard InChI is InChI=1S/C15H21N3O3/c1-11-9-12-5-3-4-6-13(12)18(11)10-14(19)17-15(20)16-7-8-21-2/h3-6,11H,7-10H2,1-2H3,(H2,16,17,19,20)/t11-/m1/s1. The van der Waals surface area contributed by atoms with Crippen molar-refractivity contribution in [2.24, 2.45) is 0 Å². The Kier molecular flexibility index (Phi) is 5.16. The molecule has 0 bridgehead atoms. The van der Waals surface area contributed by atoms with Gasteiger partial charge in [-0.1, -0.05) is 18.2 Å². The van der Waals surface area contributed by atoms with Crippen molar-refractivity contribution in [3.05, 3.63) is 29.8 Å². The Hall–Kier alpha value is -2.08. The summed E-state index contributed by atoms with van der Waals surface area (Å²) in [6.45, 7) is 3.04. The molecule has 6 heteroatoms. The first kappa shape index (κ1) is 15.3. The fraction of sp³-hybridized carbons (Fsp3) is 0.467. The number of imide groups is 1. The molecule has 21 heavy (non-hydrogen) atoms. The zero-order valence-corrected chi connectivity index (χ0v) is 12.4. The third-order valence-electron chi connectivity index (χ3n) is 3.51. The third kappa shape index (κ3) is 3.95. The molecule has 2 N–H and O–H groups in total. The van der Waals surface area contributed by atoms with Crippen LogP contribution in [0.25, 0.3) is 0 Å². The van der Waals surface area contributed by atoms with E-state index in [1.165, 1.54) is 5.56 Å². The second-order valence-corrected chi connectivity index (χ2v) is 5.11. The number of hydrogen-bond acceptors (Lipinski definition) is 4. The van der Waals surface area contributed by atoms with E-state index in [-0.39, 0.29) is 18.5 Å². The monoisotopic (exact) mass is 291 g/mol. The largest absolute Gasteiger partial charge is 0.383 e. The van der Waals surface area contributed by atoms with Crippen molar-refractivity contribution in [3.8, 4) is 0 Å². The van der Waals surface area contributed by atoms with E-state index in [2.05, 4.69) is 23.6 Å². The molecule has 2 rings (SSSR count). The molecule has 1 atom stereocenters. The molecule has 6 nitrogen and oxygen atoms in total. The minimum absolute atomic E-state index is 0.176. The molecule has 0 saturated carbocycles. The molecular formula is C15H21N3O3. The summed E-state index contributed by atoms with van der Waals surface area (Å²) in [6, 6.07) is 7.80. The van der Waals surface area contributed by atoms with Crippen molar-refractivity contribution in [3.63, 3.8) is 0 Å². The van der Waals surface area contributed by atoms with Crippen molar-refractivity contribution >= 4 is 17.6 Å². The van der Waals surface area contributed by atoms with Crippen LogP contribution in [0.1, 0.15) is 12.5 Å². The number of nitrogens with one attached hydrogen (secondary N) is 2. The van der Waals surface area contributed by atoms with Gasteiger partial charge in [0.2, 0.25) is 5.91 Å². The van der Waals surface area contributed by atoms with Gasteiger partial charge in [-0.25, -0.2) is 4.79 Å². The molecule has 3 amide bonds. The lowest BCUT2D eigenvalue weighted by molar-refractivity contribution is -0.118. The van der Waals surface area contributed by atoms with E-state index < -0.39 is 6.03 Å². The maximum absolute atomic E-state index is 12.0. The fourth-order valence-corrected chi connectivity index (χ4v) is 2.50. The molecule has 0 unspecified atom stereocenters. The number of hydrogen-bond donors (Lipinski definition) is 2. The van der Waals surface area contributed by atoms with E-state index >= 15 is 0 Å². The van der Waals surface area contributed by atoms with Gasteiger partial charge in [0.15, 0.2) is 0 Å². The third-order valence-corrected chi connectivity index (χ3v) is 3.51. The molecule has 0 fully saturated rings. The number of rotatable bonds is 5. The summed E-state index contributed by atoms with van der Waals surface area (Å²) < 4.78 is 4.82. The maximum atomic E-state index is 12.0. The van der Waals surface area contributed by atoms with Crippen LogP contribution in [-0.2, 0) is 16.0 Å². The predicted molar refractivity (Wildman–Crippen MR) is 80.4 cm³/mol. The SMILES string of the molecule is COCCNC(=O)NC(=O)CN1c2ccccc2C[C@H]1C. The molecule has 1 aliphatic heterocycles. The van der Waals surface area contributed by atoms with Gasteiger partial charge in [0, 0.05) is 25.4 Å². The number of nitrogens with zero attached hydrogens (tertiary/aromatic N) is 1. The summed E-state index contributed by atoms with van der Waals surface area (Å²) in [7, 11) is 1.55. The summed E-state index contributed by atoms with van der Waals surface area (Å²) in [5, 5.41) is 4.89. The number of ether oxygens (including phenoxy) is 1. The predicted octanol–water partition coefficient (Wildman–Crippen LogP) is 0.910. The van der Waals surface area contributed by atoms with E-state index in [9.17, 15) is 9.59 Å². The average molecular weight is 291 g/mol. The molecule has 0 spiro atoms. The molecule has 0 aliphatic carbocycles. The Bertz CT molecular complexity index is 519. The first-order valence-electron chi connectivity index (χ1n) is 7.03. The van der Waals surface area contributed by atoms with E-state index in [1.54, 1.807) is 7.11 Å². The van der Waals surface area contributed by atoms with Crippen molar-refractivity contribution in [2.75, 3.05) is 31.7 Å². The van der Waals surface area contributed by atoms with Crippen LogP contribution < -0.4 is 15.5 Å². The lowest BCUT2D eigenvalue weighted by atomic mass is 10.1. The molecule has 1 heterocycles. The number of amides is 3. The zero-order chi connectivity index (χ0) is 15.2. The van der Waals surface area contributed by atoms with Gasteiger partial charge in [-0.2, -0.15) is 0 Å². The number of fused-ring (bicyclic) bond motifs is 1. The Balaban J connectivity index is 1.87. The van der Waals surface area contributed by atoms with Gasteiger partial charge in [0.1, 0.15) is 0 Å². The molecule has 1 aromatic rings. The minimum atomic E-state index is -0.489. The smallest absolute Gasteiger partial charge is 0.321 e. The van der Waals surface area contributed by atoms with Crippen molar-refractivity contribution < 1.29 is 14.3 Å². The van der Waals surface area contributed by atoms with Crippen LogP contribution >= 0.6 is 0 Å². The van der Waals surface area contributed by atoms with Crippen LogP contribution in [0.5, 0.6) is 0 Å². The lowest BCUT2D eigenvalue weighted by Gasteiger charge is -2.23. The molecule has 1 aromatic carbocycles. The summed E-state index contributed by atoms with van der Waals surface area (Å²) in [5.41, 5.74) is 2.31. The second-order valence-electron chi connectivity index (χ2n) is 5.11. The van der Waals surface area contributed by atoms with Gasteiger partial charge in [-0.05, 0) is 25.0 Å². The summed E-state index contributed by atoms with van der Waals surface area (Å²) in [4.78, 5) is 25.5. The van der Waals surface area contributed by atoms with Crippen LogP contribution in [0.15, 0.2) is 24.3 Å². The Morgan fingerprint density at radius 3 is 2.90 bits per heavy atom.